The zero-order chi connectivity index (χ0) is 14.4. The van der Waals surface area contributed by atoms with Gasteiger partial charge in [0.1, 0.15) is 17.8 Å². The maximum absolute atomic E-state index is 11.8. The molecule has 1 heterocycles. The van der Waals surface area contributed by atoms with E-state index in [1.807, 2.05) is 0 Å². The molecule has 4 atom stereocenters. The van der Waals surface area contributed by atoms with Crippen molar-refractivity contribution in [3.05, 3.63) is 0 Å². The van der Waals surface area contributed by atoms with Crippen molar-refractivity contribution in [2.24, 2.45) is 0 Å². The van der Waals surface area contributed by atoms with Gasteiger partial charge < -0.3 is 24.6 Å². The maximum Gasteiger partial charge on any atom is 0.407 e. The van der Waals surface area contributed by atoms with Gasteiger partial charge in [-0.15, -0.1) is 0 Å². The second-order valence-electron chi connectivity index (χ2n) is 6.62. The van der Waals surface area contributed by atoms with Crippen LogP contribution in [0, 0.1) is 0 Å². The zero-order valence-electron chi connectivity index (χ0n) is 12.1. The van der Waals surface area contributed by atoms with Gasteiger partial charge in [0, 0.05) is 0 Å². The molecule has 1 saturated carbocycles. The lowest BCUT2D eigenvalue weighted by Crippen LogP contribution is -2.45. The summed E-state index contributed by atoms with van der Waals surface area (Å²) in [5, 5.41) is 12.7. The number of amides is 1. The molecule has 0 bridgehead atoms. The first-order chi connectivity index (χ1) is 8.57. The normalized spacial score (nSPS) is 36.9. The lowest BCUT2D eigenvalue weighted by atomic mass is 10.2. The summed E-state index contributed by atoms with van der Waals surface area (Å²) in [6, 6.07) is -0.295. The zero-order valence-corrected chi connectivity index (χ0v) is 12.1. The highest BCUT2D eigenvalue weighted by molar-refractivity contribution is 5.68. The molecule has 2 aliphatic rings. The molecular weight excluding hydrogens is 250 g/mol. The van der Waals surface area contributed by atoms with E-state index in [2.05, 4.69) is 5.32 Å². The van der Waals surface area contributed by atoms with E-state index < -0.39 is 29.7 Å². The Hall–Kier alpha value is -0.850. The molecular formula is C13H23NO5. The molecule has 6 heteroatoms. The van der Waals surface area contributed by atoms with Gasteiger partial charge in [0.25, 0.3) is 0 Å². The Kier molecular flexibility index (Phi) is 3.53. The number of carbonyl (C=O) groups excluding carboxylic acids is 1. The number of rotatable bonds is 1. The van der Waals surface area contributed by atoms with Crippen LogP contribution in [0.4, 0.5) is 4.79 Å². The average Bonchev–Trinajstić information content (AvgIpc) is 2.61. The van der Waals surface area contributed by atoms with Crippen molar-refractivity contribution in [2.45, 2.75) is 76.8 Å². The largest absolute Gasteiger partial charge is 0.444 e. The van der Waals surface area contributed by atoms with Gasteiger partial charge in [-0.1, -0.05) is 0 Å². The minimum Gasteiger partial charge on any atom is -0.444 e. The first-order valence-electron chi connectivity index (χ1n) is 6.61. The van der Waals surface area contributed by atoms with E-state index in [9.17, 15) is 9.90 Å². The molecule has 2 fully saturated rings. The Morgan fingerprint density at radius 1 is 1.32 bits per heavy atom. The summed E-state index contributed by atoms with van der Waals surface area (Å²) in [5.41, 5.74) is -0.549. The van der Waals surface area contributed by atoms with Gasteiger partial charge in [-0.05, 0) is 41.0 Å². The van der Waals surface area contributed by atoms with Crippen molar-refractivity contribution in [1.29, 1.82) is 0 Å². The van der Waals surface area contributed by atoms with Gasteiger partial charge in [0.2, 0.25) is 0 Å². The highest BCUT2D eigenvalue weighted by Crippen LogP contribution is 2.38. The number of carbonyl (C=O) groups is 1. The Morgan fingerprint density at radius 3 is 2.47 bits per heavy atom. The number of alkyl carbamates (subject to hydrolysis) is 1. The smallest absolute Gasteiger partial charge is 0.407 e. The summed E-state index contributed by atoms with van der Waals surface area (Å²) in [6.07, 6.45) is -1.46. The molecule has 0 aromatic heterocycles. The summed E-state index contributed by atoms with van der Waals surface area (Å²) in [5.74, 6) is -0.732. The van der Waals surface area contributed by atoms with Gasteiger partial charge in [-0.25, -0.2) is 4.79 Å². The van der Waals surface area contributed by atoms with E-state index in [1.54, 1.807) is 34.6 Å². The lowest BCUT2D eigenvalue weighted by molar-refractivity contribution is -0.164. The highest BCUT2D eigenvalue weighted by Gasteiger charge is 2.54. The minimum atomic E-state index is -0.732. The molecule has 0 spiro atoms. The van der Waals surface area contributed by atoms with Gasteiger partial charge in [0.15, 0.2) is 5.79 Å². The highest BCUT2D eigenvalue weighted by atomic mass is 16.8. The number of fused-ring (bicyclic) bond motifs is 1. The summed E-state index contributed by atoms with van der Waals surface area (Å²) in [6.45, 7) is 9.00. The molecule has 0 aromatic rings. The average molecular weight is 273 g/mol. The minimum absolute atomic E-state index is 0.295. The number of aliphatic hydroxyl groups excluding tert-OH is 1. The topological polar surface area (TPSA) is 77.0 Å². The molecule has 1 aliphatic carbocycles. The van der Waals surface area contributed by atoms with Crippen LogP contribution >= 0.6 is 0 Å². The van der Waals surface area contributed by atoms with Crippen molar-refractivity contribution in [3.8, 4) is 0 Å². The molecule has 0 radical (unpaired) electrons. The van der Waals surface area contributed by atoms with Gasteiger partial charge in [-0.3, -0.25) is 0 Å². The standard InChI is InChI=1S/C13H23NO5/c1-12(2,3)19-11(16)14-7-6-8(15)10-9(7)17-13(4,5)18-10/h7-10,15H,6H2,1-5H3,(H,14,16)/t7-,8-,9+,10-/m0/s1. The molecule has 0 aromatic carbocycles. The molecule has 1 saturated heterocycles. The number of ether oxygens (including phenoxy) is 3. The van der Waals surface area contributed by atoms with Crippen molar-refractivity contribution >= 4 is 6.09 Å². The van der Waals surface area contributed by atoms with E-state index in [4.69, 9.17) is 14.2 Å². The first kappa shape index (κ1) is 14.6. The molecule has 1 aliphatic heterocycles. The molecule has 0 unspecified atom stereocenters. The predicted octanol–water partition coefficient (Wildman–Crippen LogP) is 1.16. The quantitative estimate of drug-likeness (QED) is 0.750. The van der Waals surface area contributed by atoms with E-state index >= 15 is 0 Å². The molecule has 6 nitrogen and oxygen atoms in total. The molecule has 110 valence electrons. The Labute approximate surface area is 113 Å². The van der Waals surface area contributed by atoms with E-state index in [0.717, 1.165) is 0 Å². The van der Waals surface area contributed by atoms with Crippen LogP contribution in [0.3, 0.4) is 0 Å². The van der Waals surface area contributed by atoms with Gasteiger partial charge in [-0.2, -0.15) is 0 Å². The SMILES string of the molecule is CC(C)(C)OC(=O)N[C@H]1C[C@H](O)[C@@H]2OC(C)(C)O[C@@H]21. The Balaban J connectivity index is 1.97. The van der Waals surface area contributed by atoms with Crippen LogP contribution in [0.5, 0.6) is 0 Å². The van der Waals surface area contributed by atoms with Crippen LogP contribution in [0.15, 0.2) is 0 Å². The van der Waals surface area contributed by atoms with Crippen LogP contribution in [0.25, 0.3) is 0 Å². The van der Waals surface area contributed by atoms with Crippen molar-refractivity contribution in [2.75, 3.05) is 0 Å². The van der Waals surface area contributed by atoms with Gasteiger partial charge >= 0.3 is 6.09 Å². The summed E-state index contributed by atoms with van der Waals surface area (Å²) in [4.78, 5) is 11.8. The number of aliphatic hydroxyl groups is 1. The fourth-order valence-corrected chi connectivity index (χ4v) is 2.55. The fraction of sp³-hybridized carbons (Fsp3) is 0.923. The summed E-state index contributed by atoms with van der Waals surface area (Å²) >= 11 is 0. The van der Waals surface area contributed by atoms with Crippen LogP contribution in [-0.2, 0) is 14.2 Å². The molecule has 1 amide bonds. The Morgan fingerprint density at radius 2 is 1.89 bits per heavy atom. The van der Waals surface area contributed by atoms with Crippen molar-refractivity contribution < 1.29 is 24.1 Å². The van der Waals surface area contributed by atoms with Crippen LogP contribution < -0.4 is 5.32 Å². The first-order valence-corrected chi connectivity index (χ1v) is 6.61. The fourth-order valence-electron chi connectivity index (χ4n) is 2.55. The molecule has 19 heavy (non-hydrogen) atoms. The van der Waals surface area contributed by atoms with Crippen LogP contribution in [-0.4, -0.2) is 46.9 Å². The van der Waals surface area contributed by atoms with Crippen molar-refractivity contribution in [1.82, 2.24) is 5.32 Å². The third-order valence-corrected chi connectivity index (χ3v) is 3.14. The Bertz CT molecular complexity index is 363. The third-order valence-electron chi connectivity index (χ3n) is 3.14. The lowest BCUT2D eigenvalue weighted by Gasteiger charge is -2.25. The monoisotopic (exact) mass is 273 g/mol. The van der Waals surface area contributed by atoms with Gasteiger partial charge in [0.05, 0.1) is 12.1 Å². The number of hydrogen-bond donors (Lipinski definition) is 2. The summed E-state index contributed by atoms with van der Waals surface area (Å²) < 4.78 is 16.6. The van der Waals surface area contributed by atoms with Crippen LogP contribution in [0.1, 0.15) is 41.0 Å². The van der Waals surface area contributed by atoms with E-state index in [0.29, 0.717) is 6.42 Å². The number of hydrogen-bond acceptors (Lipinski definition) is 5. The molecule has 2 rings (SSSR count). The van der Waals surface area contributed by atoms with Crippen molar-refractivity contribution in [3.63, 3.8) is 0 Å². The predicted molar refractivity (Wildman–Crippen MR) is 67.6 cm³/mol. The van der Waals surface area contributed by atoms with Crippen LogP contribution in [0.2, 0.25) is 0 Å². The maximum atomic E-state index is 11.8. The number of nitrogens with one attached hydrogen (secondary N) is 1. The third kappa shape index (κ3) is 3.38. The second kappa shape index (κ2) is 4.61. The van der Waals surface area contributed by atoms with E-state index in [-0.39, 0.29) is 12.1 Å². The molecule has 2 N–H and O–H groups in total. The van der Waals surface area contributed by atoms with E-state index in [1.165, 1.54) is 0 Å². The summed E-state index contributed by atoms with van der Waals surface area (Å²) in [7, 11) is 0. The second-order valence-corrected chi connectivity index (χ2v) is 6.62.